The second kappa shape index (κ2) is 7.84. The SMILES string of the molecule is COc1ccc2c(Cl)cc(-c3c[nH]nc3CCN3CCOCC3)nc2c1C. The Hall–Kier alpha value is -2.15. The van der Waals surface area contributed by atoms with Gasteiger partial charge in [-0.1, -0.05) is 11.6 Å². The lowest BCUT2D eigenvalue weighted by Crippen LogP contribution is -2.37. The number of H-pyrrole nitrogens is 1. The fourth-order valence-electron chi connectivity index (χ4n) is 3.55. The number of rotatable bonds is 5. The van der Waals surface area contributed by atoms with Gasteiger partial charge in [0.15, 0.2) is 0 Å². The number of hydrogen-bond donors (Lipinski definition) is 1. The molecule has 0 radical (unpaired) electrons. The Balaban J connectivity index is 1.66. The maximum Gasteiger partial charge on any atom is 0.123 e. The van der Waals surface area contributed by atoms with Crippen molar-refractivity contribution in [2.24, 2.45) is 0 Å². The number of aromatic amines is 1. The summed E-state index contributed by atoms with van der Waals surface area (Å²) in [5, 5.41) is 9.05. The molecule has 0 aliphatic carbocycles. The highest BCUT2D eigenvalue weighted by molar-refractivity contribution is 6.35. The molecule has 3 aromatic rings. The van der Waals surface area contributed by atoms with Crippen molar-refractivity contribution in [3.63, 3.8) is 0 Å². The van der Waals surface area contributed by atoms with Crippen molar-refractivity contribution in [1.82, 2.24) is 20.1 Å². The van der Waals surface area contributed by atoms with E-state index in [1.807, 2.05) is 31.3 Å². The lowest BCUT2D eigenvalue weighted by Gasteiger charge is -2.26. The first-order chi connectivity index (χ1) is 13.2. The van der Waals surface area contributed by atoms with E-state index in [4.69, 9.17) is 26.1 Å². The van der Waals surface area contributed by atoms with Gasteiger partial charge >= 0.3 is 0 Å². The second-order valence-corrected chi connectivity index (χ2v) is 7.14. The number of ether oxygens (including phenoxy) is 2. The van der Waals surface area contributed by atoms with Crippen LogP contribution in [0.4, 0.5) is 0 Å². The summed E-state index contributed by atoms with van der Waals surface area (Å²) in [7, 11) is 1.67. The van der Waals surface area contributed by atoms with Crippen molar-refractivity contribution in [1.29, 1.82) is 0 Å². The molecule has 0 atom stereocenters. The maximum absolute atomic E-state index is 6.56. The summed E-state index contributed by atoms with van der Waals surface area (Å²) >= 11 is 6.56. The number of pyridine rings is 1. The molecule has 1 saturated heterocycles. The van der Waals surface area contributed by atoms with E-state index < -0.39 is 0 Å². The van der Waals surface area contributed by atoms with Crippen LogP contribution in [0.3, 0.4) is 0 Å². The Morgan fingerprint density at radius 3 is 2.89 bits per heavy atom. The maximum atomic E-state index is 6.56. The molecule has 1 N–H and O–H groups in total. The molecule has 1 aliphatic heterocycles. The van der Waals surface area contributed by atoms with Crippen molar-refractivity contribution in [2.45, 2.75) is 13.3 Å². The molecule has 0 spiro atoms. The van der Waals surface area contributed by atoms with Crippen LogP contribution in [0.25, 0.3) is 22.2 Å². The third-order valence-corrected chi connectivity index (χ3v) is 5.43. The summed E-state index contributed by atoms with van der Waals surface area (Å²) in [5.74, 6) is 0.808. The van der Waals surface area contributed by atoms with Gasteiger partial charge in [-0.2, -0.15) is 5.10 Å². The predicted molar refractivity (Wildman–Crippen MR) is 107 cm³/mol. The van der Waals surface area contributed by atoms with Crippen molar-refractivity contribution in [2.75, 3.05) is 40.0 Å². The van der Waals surface area contributed by atoms with Gasteiger partial charge < -0.3 is 9.47 Å². The third-order valence-electron chi connectivity index (χ3n) is 5.12. The quantitative estimate of drug-likeness (QED) is 0.727. The van der Waals surface area contributed by atoms with E-state index in [1.54, 1.807) is 7.11 Å². The van der Waals surface area contributed by atoms with Gasteiger partial charge in [-0.15, -0.1) is 0 Å². The van der Waals surface area contributed by atoms with Gasteiger partial charge in [-0.25, -0.2) is 4.98 Å². The van der Waals surface area contributed by atoms with Crippen molar-refractivity contribution in [3.8, 4) is 17.0 Å². The van der Waals surface area contributed by atoms with Crippen molar-refractivity contribution in [3.05, 3.63) is 40.7 Å². The van der Waals surface area contributed by atoms with Crippen LogP contribution in [0.15, 0.2) is 24.4 Å². The Bertz CT molecular complexity index is 951. The molecule has 6 nitrogen and oxygen atoms in total. The van der Waals surface area contributed by atoms with E-state index in [-0.39, 0.29) is 0 Å². The highest BCUT2D eigenvalue weighted by Crippen LogP contribution is 2.34. The molecule has 142 valence electrons. The summed E-state index contributed by atoms with van der Waals surface area (Å²) in [6.45, 7) is 6.50. The zero-order chi connectivity index (χ0) is 18.8. The van der Waals surface area contributed by atoms with Crippen LogP contribution in [0.1, 0.15) is 11.3 Å². The Labute approximate surface area is 163 Å². The molecule has 4 rings (SSSR count). The number of benzene rings is 1. The van der Waals surface area contributed by atoms with Crippen molar-refractivity contribution < 1.29 is 9.47 Å². The molecule has 7 heteroatoms. The van der Waals surface area contributed by atoms with Gasteiger partial charge in [0.25, 0.3) is 0 Å². The Morgan fingerprint density at radius 1 is 1.30 bits per heavy atom. The van der Waals surface area contributed by atoms with E-state index in [2.05, 4.69) is 15.1 Å². The minimum absolute atomic E-state index is 0.682. The van der Waals surface area contributed by atoms with E-state index in [9.17, 15) is 0 Å². The van der Waals surface area contributed by atoms with Crippen LogP contribution < -0.4 is 4.74 Å². The molecule has 0 bridgehead atoms. The zero-order valence-electron chi connectivity index (χ0n) is 15.6. The van der Waals surface area contributed by atoms with Crippen LogP contribution in [-0.4, -0.2) is 60.0 Å². The van der Waals surface area contributed by atoms with Gasteiger partial charge in [0.05, 0.1) is 42.3 Å². The zero-order valence-corrected chi connectivity index (χ0v) is 16.3. The van der Waals surface area contributed by atoms with Crippen LogP contribution in [-0.2, 0) is 11.2 Å². The third kappa shape index (κ3) is 3.65. The molecular formula is C20H23ClN4O2. The normalized spacial score (nSPS) is 15.4. The first-order valence-electron chi connectivity index (χ1n) is 9.14. The number of halogens is 1. The molecule has 0 amide bonds. The number of nitrogens with one attached hydrogen (secondary N) is 1. The van der Waals surface area contributed by atoms with Gasteiger partial charge in [-0.05, 0) is 25.1 Å². The molecule has 1 fully saturated rings. The lowest BCUT2D eigenvalue weighted by molar-refractivity contribution is 0.0383. The van der Waals surface area contributed by atoms with E-state index in [0.29, 0.717) is 5.02 Å². The Morgan fingerprint density at radius 2 is 2.11 bits per heavy atom. The topological polar surface area (TPSA) is 63.3 Å². The molecule has 2 aromatic heterocycles. The van der Waals surface area contributed by atoms with Crippen LogP contribution >= 0.6 is 11.6 Å². The number of fused-ring (bicyclic) bond motifs is 1. The average molecular weight is 387 g/mol. The monoisotopic (exact) mass is 386 g/mol. The van der Waals surface area contributed by atoms with E-state index >= 15 is 0 Å². The number of aryl methyl sites for hydroxylation is 1. The minimum Gasteiger partial charge on any atom is -0.496 e. The summed E-state index contributed by atoms with van der Waals surface area (Å²) in [6, 6.07) is 5.80. The Kier molecular flexibility index (Phi) is 5.29. The summed E-state index contributed by atoms with van der Waals surface area (Å²) < 4.78 is 10.9. The highest BCUT2D eigenvalue weighted by Gasteiger charge is 2.16. The number of nitrogens with zero attached hydrogens (tertiary/aromatic N) is 3. The van der Waals surface area contributed by atoms with Crippen LogP contribution in [0.2, 0.25) is 5.02 Å². The molecule has 27 heavy (non-hydrogen) atoms. The van der Waals surface area contributed by atoms with E-state index in [1.165, 1.54) is 0 Å². The van der Waals surface area contributed by atoms with Crippen molar-refractivity contribution >= 4 is 22.5 Å². The van der Waals surface area contributed by atoms with Crippen LogP contribution in [0.5, 0.6) is 5.75 Å². The van der Waals surface area contributed by atoms with Crippen LogP contribution in [0, 0.1) is 6.92 Å². The first kappa shape index (κ1) is 18.2. The summed E-state index contributed by atoms with van der Waals surface area (Å²) in [6.07, 6.45) is 2.75. The minimum atomic E-state index is 0.682. The van der Waals surface area contributed by atoms with Gasteiger partial charge in [0.2, 0.25) is 0 Å². The second-order valence-electron chi connectivity index (χ2n) is 6.73. The van der Waals surface area contributed by atoms with E-state index in [0.717, 1.165) is 78.4 Å². The largest absolute Gasteiger partial charge is 0.496 e. The number of methoxy groups -OCH3 is 1. The first-order valence-corrected chi connectivity index (χ1v) is 9.52. The number of morpholine rings is 1. The summed E-state index contributed by atoms with van der Waals surface area (Å²) in [5.41, 5.74) is 4.67. The molecule has 0 unspecified atom stereocenters. The predicted octanol–water partition coefficient (Wildman–Crippen LogP) is 3.47. The number of aromatic nitrogens is 3. The average Bonchev–Trinajstić information content (AvgIpc) is 3.16. The summed E-state index contributed by atoms with van der Waals surface area (Å²) in [4.78, 5) is 7.28. The molecule has 1 aromatic carbocycles. The fourth-order valence-corrected chi connectivity index (χ4v) is 3.80. The molecule has 3 heterocycles. The molecule has 0 saturated carbocycles. The fraction of sp³-hybridized carbons (Fsp3) is 0.400. The number of hydrogen-bond acceptors (Lipinski definition) is 5. The molecule has 1 aliphatic rings. The van der Waals surface area contributed by atoms with Gasteiger partial charge in [0, 0.05) is 48.8 Å². The smallest absolute Gasteiger partial charge is 0.123 e. The molecular weight excluding hydrogens is 364 g/mol. The lowest BCUT2D eigenvalue weighted by atomic mass is 10.1. The van der Waals surface area contributed by atoms with Gasteiger partial charge in [-0.3, -0.25) is 10.00 Å². The highest BCUT2D eigenvalue weighted by atomic mass is 35.5. The van der Waals surface area contributed by atoms with Gasteiger partial charge in [0.1, 0.15) is 5.75 Å². The standard InChI is InChI=1S/C20H23ClN4O2/c1-13-19(26-2)4-3-14-16(21)11-18(23-20(13)14)15-12-22-24-17(15)5-6-25-7-9-27-10-8-25/h3-4,11-12H,5-10H2,1-2H3,(H,22,24).